The Morgan fingerprint density at radius 2 is 1.43 bits per heavy atom. The highest BCUT2D eigenvalue weighted by Gasteiger charge is 2.35. The minimum Gasteiger partial charge on any atom is -0.429 e. The molecule has 4 rings (SSSR count). The summed E-state index contributed by atoms with van der Waals surface area (Å²) >= 11 is 0. The van der Waals surface area contributed by atoms with Crippen LogP contribution in [0.15, 0.2) is 48.5 Å². The van der Waals surface area contributed by atoms with Crippen LogP contribution in [-0.2, 0) is 15.6 Å². The first-order valence-electron chi connectivity index (χ1n) is 9.67. The molecule has 0 atom stereocenters. The molecular weight excluding hydrogens is 369 g/mol. The fraction of sp³-hybridized carbons (Fsp3) is 0.455. The van der Waals surface area contributed by atoms with Crippen LogP contribution < -0.4 is 4.74 Å². The predicted molar refractivity (Wildman–Crippen MR) is 97.5 cm³/mol. The maximum atomic E-state index is 14.4. The minimum atomic E-state index is -3.53. The van der Waals surface area contributed by atoms with Crippen LogP contribution in [0.5, 0.6) is 5.75 Å². The van der Waals surface area contributed by atoms with Crippen LogP contribution in [0.25, 0.3) is 0 Å². The standard InChI is InChI=1S/C22H23F3O3/c23-19-9-11-20(12-10-19)28-22(24,25)18-7-5-16(6-8-18)21-26-13-17(14-27-21)15-3-1-2-4-15/h5-12,15,17,21H,1-4,13-14H2. The third kappa shape index (κ3) is 4.33. The van der Waals surface area contributed by atoms with E-state index in [0.717, 1.165) is 12.1 Å². The van der Waals surface area contributed by atoms with Crippen LogP contribution in [-0.4, -0.2) is 13.2 Å². The summed E-state index contributed by atoms with van der Waals surface area (Å²) in [6.07, 6.45) is 0.969. The number of hydrogen-bond acceptors (Lipinski definition) is 3. The predicted octanol–water partition coefficient (Wildman–Crippen LogP) is 5.81. The Morgan fingerprint density at radius 3 is 2.04 bits per heavy atom. The van der Waals surface area contributed by atoms with E-state index in [2.05, 4.69) is 0 Å². The first-order valence-corrected chi connectivity index (χ1v) is 9.67. The lowest BCUT2D eigenvalue weighted by atomic mass is 9.92. The Balaban J connectivity index is 1.37. The van der Waals surface area contributed by atoms with Gasteiger partial charge in [-0.15, -0.1) is 0 Å². The van der Waals surface area contributed by atoms with Crippen molar-refractivity contribution in [1.29, 1.82) is 0 Å². The monoisotopic (exact) mass is 392 g/mol. The molecule has 0 spiro atoms. The Labute approximate surface area is 162 Å². The SMILES string of the molecule is Fc1ccc(OC(F)(F)c2ccc(C3OCC(C4CCCC4)CO3)cc2)cc1. The fourth-order valence-corrected chi connectivity index (χ4v) is 3.96. The van der Waals surface area contributed by atoms with Crippen LogP contribution in [0.2, 0.25) is 0 Å². The van der Waals surface area contributed by atoms with Gasteiger partial charge in [0.05, 0.1) is 18.8 Å². The number of rotatable bonds is 5. The van der Waals surface area contributed by atoms with Crippen molar-refractivity contribution in [3.05, 3.63) is 65.5 Å². The van der Waals surface area contributed by atoms with Crippen molar-refractivity contribution in [2.45, 2.75) is 38.1 Å². The van der Waals surface area contributed by atoms with Crippen LogP contribution in [0.1, 0.15) is 43.1 Å². The average molecular weight is 392 g/mol. The summed E-state index contributed by atoms with van der Waals surface area (Å²) in [6, 6.07) is 10.2. The van der Waals surface area contributed by atoms with Gasteiger partial charge in [-0.05, 0) is 42.3 Å². The van der Waals surface area contributed by atoms with Gasteiger partial charge in [0, 0.05) is 11.5 Å². The lowest BCUT2D eigenvalue weighted by Crippen LogP contribution is -2.31. The van der Waals surface area contributed by atoms with Crippen molar-refractivity contribution in [3.8, 4) is 5.75 Å². The zero-order valence-corrected chi connectivity index (χ0v) is 15.5. The summed E-state index contributed by atoms with van der Waals surface area (Å²) in [5, 5.41) is 0. The van der Waals surface area contributed by atoms with E-state index >= 15 is 0 Å². The lowest BCUT2D eigenvalue weighted by Gasteiger charge is -2.33. The Morgan fingerprint density at radius 1 is 0.821 bits per heavy atom. The van der Waals surface area contributed by atoms with E-state index in [9.17, 15) is 13.2 Å². The number of halogens is 3. The molecule has 2 fully saturated rings. The maximum absolute atomic E-state index is 14.4. The number of benzene rings is 2. The molecular formula is C22H23F3O3. The molecule has 2 aliphatic rings. The third-order valence-electron chi connectivity index (χ3n) is 5.57. The summed E-state index contributed by atoms with van der Waals surface area (Å²) in [5.74, 6) is 0.479. The van der Waals surface area contributed by atoms with Crippen LogP contribution >= 0.6 is 0 Å². The quantitative estimate of drug-likeness (QED) is 0.643. The second-order valence-corrected chi connectivity index (χ2v) is 7.50. The average Bonchev–Trinajstić information content (AvgIpc) is 3.25. The highest BCUT2D eigenvalue weighted by molar-refractivity contribution is 5.28. The van der Waals surface area contributed by atoms with E-state index in [-0.39, 0.29) is 11.3 Å². The van der Waals surface area contributed by atoms with E-state index in [0.29, 0.717) is 30.6 Å². The van der Waals surface area contributed by atoms with Crippen LogP contribution in [0, 0.1) is 17.7 Å². The van der Waals surface area contributed by atoms with E-state index in [1.807, 2.05) is 0 Å². The molecule has 1 heterocycles. The largest absolute Gasteiger partial charge is 0.429 e. The van der Waals surface area contributed by atoms with Gasteiger partial charge in [-0.3, -0.25) is 0 Å². The third-order valence-corrected chi connectivity index (χ3v) is 5.57. The fourth-order valence-electron chi connectivity index (χ4n) is 3.96. The number of hydrogen-bond donors (Lipinski definition) is 0. The van der Waals surface area contributed by atoms with Crippen molar-refractivity contribution >= 4 is 0 Å². The molecule has 1 saturated carbocycles. The van der Waals surface area contributed by atoms with Gasteiger partial charge in [-0.2, -0.15) is 8.78 Å². The zero-order valence-electron chi connectivity index (χ0n) is 15.5. The van der Waals surface area contributed by atoms with Gasteiger partial charge >= 0.3 is 6.11 Å². The molecule has 0 amide bonds. The molecule has 0 N–H and O–H groups in total. The van der Waals surface area contributed by atoms with Gasteiger partial charge in [0.25, 0.3) is 0 Å². The molecule has 2 aromatic rings. The highest BCUT2D eigenvalue weighted by atomic mass is 19.3. The van der Waals surface area contributed by atoms with Crippen LogP contribution in [0.3, 0.4) is 0 Å². The van der Waals surface area contributed by atoms with E-state index < -0.39 is 18.2 Å². The normalized spacial score (nSPS) is 23.7. The van der Waals surface area contributed by atoms with Gasteiger partial charge in [-0.1, -0.05) is 37.8 Å². The van der Waals surface area contributed by atoms with E-state index in [4.69, 9.17) is 14.2 Å². The molecule has 3 nitrogen and oxygen atoms in total. The first kappa shape index (κ1) is 19.3. The molecule has 6 heteroatoms. The number of alkyl halides is 2. The Kier molecular flexibility index (Phi) is 5.60. The second kappa shape index (κ2) is 8.13. The Hall–Kier alpha value is -2.05. The number of ether oxygens (including phenoxy) is 3. The van der Waals surface area contributed by atoms with Gasteiger partial charge in [0.1, 0.15) is 11.6 Å². The van der Waals surface area contributed by atoms with Gasteiger partial charge in [-0.25, -0.2) is 4.39 Å². The summed E-state index contributed by atoms with van der Waals surface area (Å²) < 4.78 is 58.1. The van der Waals surface area contributed by atoms with E-state index in [1.54, 1.807) is 12.1 Å². The summed E-state index contributed by atoms with van der Waals surface area (Å²) in [6.45, 7) is 1.28. The summed E-state index contributed by atoms with van der Waals surface area (Å²) in [4.78, 5) is 0. The maximum Gasteiger partial charge on any atom is 0.426 e. The molecule has 2 aromatic carbocycles. The van der Waals surface area contributed by atoms with Gasteiger partial charge in [0.15, 0.2) is 6.29 Å². The van der Waals surface area contributed by atoms with Crippen molar-refractivity contribution in [2.75, 3.05) is 13.2 Å². The van der Waals surface area contributed by atoms with Gasteiger partial charge in [0.2, 0.25) is 0 Å². The molecule has 0 radical (unpaired) electrons. The molecule has 1 saturated heterocycles. The molecule has 0 bridgehead atoms. The van der Waals surface area contributed by atoms with Crippen LogP contribution in [0.4, 0.5) is 13.2 Å². The molecule has 0 aromatic heterocycles. The topological polar surface area (TPSA) is 27.7 Å². The molecule has 28 heavy (non-hydrogen) atoms. The first-order chi connectivity index (χ1) is 13.5. The minimum absolute atomic E-state index is 0.104. The van der Waals surface area contributed by atoms with Crippen molar-refractivity contribution in [2.24, 2.45) is 11.8 Å². The Bertz CT molecular complexity index is 763. The second-order valence-electron chi connectivity index (χ2n) is 7.50. The molecule has 1 aliphatic heterocycles. The zero-order chi connectivity index (χ0) is 19.6. The lowest BCUT2D eigenvalue weighted by molar-refractivity contribution is -0.212. The van der Waals surface area contributed by atoms with Crippen molar-refractivity contribution < 1.29 is 27.4 Å². The smallest absolute Gasteiger partial charge is 0.426 e. The molecule has 1 aliphatic carbocycles. The van der Waals surface area contributed by atoms with Crippen molar-refractivity contribution in [3.63, 3.8) is 0 Å². The molecule has 150 valence electrons. The molecule has 0 unspecified atom stereocenters. The summed E-state index contributed by atoms with van der Waals surface area (Å²) in [7, 11) is 0. The summed E-state index contributed by atoms with van der Waals surface area (Å²) in [5.41, 5.74) is 0.409. The van der Waals surface area contributed by atoms with E-state index in [1.165, 1.54) is 49.9 Å². The van der Waals surface area contributed by atoms with Gasteiger partial charge < -0.3 is 14.2 Å². The highest BCUT2D eigenvalue weighted by Crippen LogP contribution is 2.37. The van der Waals surface area contributed by atoms with Crippen molar-refractivity contribution in [1.82, 2.24) is 0 Å².